The molecule has 0 saturated carbocycles. The van der Waals surface area contributed by atoms with Crippen molar-refractivity contribution in [2.24, 2.45) is 0 Å². The van der Waals surface area contributed by atoms with E-state index in [9.17, 15) is 9.59 Å². The van der Waals surface area contributed by atoms with Crippen LogP contribution in [0.1, 0.15) is 38.3 Å². The van der Waals surface area contributed by atoms with Crippen LogP contribution in [0.15, 0.2) is 72.8 Å². The molecule has 0 unspecified atom stereocenters. The number of rotatable bonds is 7. The first-order valence-corrected chi connectivity index (χ1v) is 12.4. The predicted molar refractivity (Wildman–Crippen MR) is 141 cm³/mol. The van der Waals surface area contributed by atoms with Crippen molar-refractivity contribution in [2.45, 2.75) is 52.0 Å². The van der Waals surface area contributed by atoms with E-state index in [0.717, 1.165) is 28.0 Å². The number of likely N-dealkylation sites (tertiary alicyclic amines) is 1. The molecule has 1 heterocycles. The second-order valence-electron chi connectivity index (χ2n) is 9.82. The van der Waals surface area contributed by atoms with Crippen LogP contribution in [0.3, 0.4) is 0 Å². The third-order valence-electron chi connectivity index (χ3n) is 5.82. The number of carbonyl (C=O) groups excluding carboxylic acids is 2. The lowest BCUT2D eigenvalue weighted by Crippen LogP contribution is -2.43. The molecule has 0 aliphatic carbocycles. The summed E-state index contributed by atoms with van der Waals surface area (Å²) in [4.78, 5) is 26.9. The summed E-state index contributed by atoms with van der Waals surface area (Å²) in [6.45, 7) is 6.75. The predicted octanol–water partition coefficient (Wildman–Crippen LogP) is 6.21. The lowest BCUT2D eigenvalue weighted by atomic mass is 9.99. The summed E-state index contributed by atoms with van der Waals surface area (Å²) in [6.07, 6.45) is -0.0602. The highest BCUT2D eigenvalue weighted by Gasteiger charge is 2.34. The lowest BCUT2D eigenvalue weighted by molar-refractivity contribution is -0.129. The van der Waals surface area contributed by atoms with Gasteiger partial charge in [0.05, 0.1) is 0 Å². The number of alkyl carbamates (subject to hydrolysis) is 1. The smallest absolute Gasteiger partial charge is 0.408 e. The van der Waals surface area contributed by atoms with Gasteiger partial charge in [-0.25, -0.2) is 4.79 Å². The molecule has 1 aliphatic heterocycles. The van der Waals surface area contributed by atoms with Gasteiger partial charge >= 0.3 is 6.09 Å². The Bertz CT molecular complexity index is 1220. The Morgan fingerprint density at radius 1 is 1.06 bits per heavy atom. The van der Waals surface area contributed by atoms with Crippen molar-refractivity contribution in [1.82, 2.24) is 10.2 Å². The van der Waals surface area contributed by atoms with Crippen molar-refractivity contribution in [2.75, 3.05) is 6.54 Å². The molecule has 7 heteroatoms. The Balaban J connectivity index is 1.48. The Labute approximate surface area is 217 Å². The van der Waals surface area contributed by atoms with Crippen LogP contribution < -0.4 is 10.1 Å². The highest BCUT2D eigenvalue weighted by atomic mass is 35.5. The molecular formula is C29H31ClN2O4. The van der Waals surface area contributed by atoms with Crippen LogP contribution in [0, 0.1) is 0 Å². The molecule has 4 rings (SSSR count). The molecule has 0 spiro atoms. The first-order valence-electron chi connectivity index (χ1n) is 12.0. The van der Waals surface area contributed by atoms with Gasteiger partial charge in [-0.15, -0.1) is 0 Å². The Morgan fingerprint density at radius 2 is 1.81 bits per heavy atom. The molecule has 1 fully saturated rings. The van der Waals surface area contributed by atoms with E-state index < -0.39 is 17.7 Å². The summed E-state index contributed by atoms with van der Waals surface area (Å²) in [7, 11) is 0. The molecule has 1 aliphatic rings. The molecule has 2 amide bonds. The third-order valence-corrected chi connectivity index (χ3v) is 6.14. The van der Waals surface area contributed by atoms with Gasteiger partial charge < -0.3 is 19.7 Å². The number of nitrogens with zero attached hydrogens (tertiary/aromatic N) is 1. The topological polar surface area (TPSA) is 67.9 Å². The largest absolute Gasteiger partial charge is 0.489 e. The van der Waals surface area contributed by atoms with E-state index in [0.29, 0.717) is 31.1 Å². The average molecular weight is 507 g/mol. The molecule has 0 radical (unpaired) electrons. The maximum atomic E-state index is 13.0. The van der Waals surface area contributed by atoms with E-state index in [1.165, 1.54) is 0 Å². The zero-order valence-electron chi connectivity index (χ0n) is 20.8. The van der Waals surface area contributed by atoms with Crippen LogP contribution in [0.5, 0.6) is 5.75 Å². The van der Waals surface area contributed by atoms with Gasteiger partial charge in [-0.3, -0.25) is 4.79 Å². The molecule has 0 aromatic heterocycles. The second kappa shape index (κ2) is 11.0. The van der Waals surface area contributed by atoms with Crippen molar-refractivity contribution in [3.8, 4) is 16.9 Å². The van der Waals surface area contributed by atoms with Gasteiger partial charge in [0, 0.05) is 23.7 Å². The zero-order valence-corrected chi connectivity index (χ0v) is 21.5. The summed E-state index contributed by atoms with van der Waals surface area (Å²) in [6, 6.07) is 22.9. The fraction of sp³-hybridized carbons (Fsp3) is 0.310. The van der Waals surface area contributed by atoms with Crippen molar-refractivity contribution in [1.29, 1.82) is 0 Å². The maximum Gasteiger partial charge on any atom is 0.408 e. The molecule has 0 bridgehead atoms. The van der Waals surface area contributed by atoms with Crippen molar-refractivity contribution in [3.63, 3.8) is 0 Å². The molecule has 1 saturated heterocycles. The normalized spacial score (nSPS) is 15.6. The Hall–Kier alpha value is -3.51. The number of carbonyl (C=O) groups is 2. The zero-order chi connectivity index (χ0) is 25.7. The minimum atomic E-state index is -0.625. The number of amides is 2. The van der Waals surface area contributed by atoms with Crippen LogP contribution in [-0.4, -0.2) is 35.1 Å². The van der Waals surface area contributed by atoms with Gasteiger partial charge in [0.1, 0.15) is 24.0 Å². The maximum absolute atomic E-state index is 13.0. The van der Waals surface area contributed by atoms with E-state index in [1.807, 2.05) is 72.8 Å². The number of nitrogens with one attached hydrogen (secondary N) is 1. The van der Waals surface area contributed by atoms with Gasteiger partial charge in [-0.1, -0.05) is 66.2 Å². The second-order valence-corrected chi connectivity index (χ2v) is 10.2. The summed E-state index contributed by atoms with van der Waals surface area (Å²) in [5.41, 5.74) is 3.16. The molecule has 1 N–H and O–H groups in total. The van der Waals surface area contributed by atoms with E-state index in [4.69, 9.17) is 21.1 Å². The van der Waals surface area contributed by atoms with Crippen molar-refractivity contribution < 1.29 is 19.1 Å². The minimum absolute atomic E-state index is 0.133. The fourth-order valence-corrected chi connectivity index (χ4v) is 4.49. The van der Waals surface area contributed by atoms with E-state index in [2.05, 4.69) is 5.32 Å². The van der Waals surface area contributed by atoms with Gasteiger partial charge in [-0.2, -0.15) is 0 Å². The van der Waals surface area contributed by atoms with Gasteiger partial charge in [0.25, 0.3) is 0 Å². The SMILES string of the molecule is CC(C)(C)OC(=O)N[C@H]1CCN(Cc2cccc(Cl)c2-c2cccc(OCc3ccccc3)c2)C1=O. The summed E-state index contributed by atoms with van der Waals surface area (Å²) < 4.78 is 11.3. The summed E-state index contributed by atoms with van der Waals surface area (Å²) in [5, 5.41) is 3.30. The van der Waals surface area contributed by atoms with Gasteiger partial charge in [0.15, 0.2) is 0 Å². The fourth-order valence-electron chi connectivity index (χ4n) is 4.19. The molecule has 6 nitrogen and oxygen atoms in total. The number of benzene rings is 3. The van der Waals surface area contributed by atoms with Crippen molar-refractivity contribution >= 4 is 23.6 Å². The van der Waals surface area contributed by atoms with Crippen LogP contribution >= 0.6 is 11.6 Å². The molecule has 3 aromatic carbocycles. The Morgan fingerprint density at radius 3 is 2.56 bits per heavy atom. The Kier molecular flexibility index (Phi) is 7.85. The van der Waals surface area contributed by atoms with E-state index in [-0.39, 0.29) is 5.91 Å². The molecule has 188 valence electrons. The molecule has 36 heavy (non-hydrogen) atoms. The highest BCUT2D eigenvalue weighted by Crippen LogP contribution is 2.34. The number of hydrogen-bond acceptors (Lipinski definition) is 4. The van der Waals surface area contributed by atoms with Crippen LogP contribution in [0.2, 0.25) is 5.02 Å². The van der Waals surface area contributed by atoms with Crippen LogP contribution in [0.4, 0.5) is 4.79 Å². The quantitative estimate of drug-likeness (QED) is 0.413. The van der Waals surface area contributed by atoms with Crippen LogP contribution in [0.25, 0.3) is 11.1 Å². The number of ether oxygens (including phenoxy) is 2. The molecule has 3 aromatic rings. The average Bonchev–Trinajstić information content (AvgIpc) is 3.16. The molecular weight excluding hydrogens is 476 g/mol. The number of hydrogen-bond donors (Lipinski definition) is 1. The van der Waals surface area contributed by atoms with E-state index >= 15 is 0 Å². The van der Waals surface area contributed by atoms with Gasteiger partial charge in [-0.05, 0) is 62.1 Å². The van der Waals surface area contributed by atoms with Gasteiger partial charge in [0.2, 0.25) is 5.91 Å². The van der Waals surface area contributed by atoms with Crippen LogP contribution in [-0.2, 0) is 22.7 Å². The first kappa shape index (κ1) is 25.6. The van der Waals surface area contributed by atoms with Crippen molar-refractivity contribution in [3.05, 3.63) is 88.9 Å². The standard InChI is InChI=1S/C29H31ClN2O4/c1-29(2,3)36-28(34)31-25-15-16-32(27(25)33)18-22-12-8-14-24(30)26(22)21-11-7-13-23(17-21)35-19-20-9-5-4-6-10-20/h4-14,17,25H,15-16,18-19H2,1-3H3,(H,31,34)/t25-/m0/s1. The number of halogens is 1. The third kappa shape index (κ3) is 6.58. The highest BCUT2D eigenvalue weighted by molar-refractivity contribution is 6.33. The first-order chi connectivity index (χ1) is 17.2. The monoisotopic (exact) mass is 506 g/mol. The summed E-state index contributed by atoms with van der Waals surface area (Å²) >= 11 is 6.65. The van der Waals surface area contributed by atoms with E-state index in [1.54, 1.807) is 25.7 Å². The lowest BCUT2D eigenvalue weighted by Gasteiger charge is -2.22. The molecule has 1 atom stereocenters. The summed E-state index contributed by atoms with van der Waals surface area (Å²) in [5.74, 6) is 0.604. The minimum Gasteiger partial charge on any atom is -0.489 e.